The molecule has 2 heterocycles. The van der Waals surface area contributed by atoms with Gasteiger partial charge in [-0.2, -0.15) is 4.98 Å². The second-order valence-electron chi connectivity index (χ2n) is 6.29. The molecule has 138 valence electrons. The number of carboxylic acids is 1. The van der Waals surface area contributed by atoms with Crippen LogP contribution in [0.2, 0.25) is 0 Å². The number of carboxylic acid groups (broad SMARTS) is 1. The molecular weight excluding hydrogens is 453 g/mol. The first-order valence-electron chi connectivity index (χ1n) is 7.97. The summed E-state index contributed by atoms with van der Waals surface area (Å²) in [4.78, 5) is 35.2. The number of anilines is 1. The lowest BCUT2D eigenvalue weighted by atomic mass is 9.92. The molecule has 0 aromatic carbocycles. The minimum atomic E-state index is -0.895. The van der Waals surface area contributed by atoms with Crippen LogP contribution in [-0.2, 0) is 14.3 Å². The Morgan fingerprint density at radius 3 is 2.88 bits per heavy atom. The van der Waals surface area contributed by atoms with Crippen molar-refractivity contribution in [3.8, 4) is 0 Å². The molecule has 0 amide bonds. The molecule has 2 aromatic heterocycles. The summed E-state index contributed by atoms with van der Waals surface area (Å²) in [6.07, 6.45) is 2.16. The Labute approximate surface area is 162 Å². The summed E-state index contributed by atoms with van der Waals surface area (Å²) in [6, 6.07) is -0.199. The molecule has 3 N–H and O–H groups in total. The van der Waals surface area contributed by atoms with E-state index >= 15 is 0 Å². The minimum absolute atomic E-state index is 0.0251. The molecule has 1 aliphatic rings. The fraction of sp³-hybridized carbons (Fsp3) is 0.438. The second-order valence-corrected chi connectivity index (χ2v) is 7.31. The lowest BCUT2D eigenvalue weighted by molar-refractivity contribution is -0.142. The van der Waals surface area contributed by atoms with Crippen molar-refractivity contribution in [1.29, 1.82) is 0 Å². The number of ether oxygens (including phenoxy) is 1. The zero-order valence-electron chi connectivity index (χ0n) is 14.1. The number of rotatable bonds is 5. The van der Waals surface area contributed by atoms with Crippen molar-refractivity contribution in [2.45, 2.75) is 25.8 Å². The first kappa shape index (κ1) is 18.5. The normalized spacial score (nSPS) is 22.7. The van der Waals surface area contributed by atoms with Crippen molar-refractivity contribution >= 4 is 51.6 Å². The number of hydrogen-bond donors (Lipinski definition) is 2. The van der Waals surface area contributed by atoms with Crippen molar-refractivity contribution in [1.82, 2.24) is 19.5 Å². The van der Waals surface area contributed by atoms with Crippen molar-refractivity contribution in [3.05, 3.63) is 22.2 Å². The highest BCUT2D eigenvalue weighted by molar-refractivity contribution is 14.1. The van der Waals surface area contributed by atoms with Crippen LogP contribution in [0.3, 0.4) is 0 Å². The molecule has 0 spiro atoms. The largest absolute Gasteiger partial charge is 0.481 e. The van der Waals surface area contributed by atoms with Crippen LogP contribution in [0, 0.1) is 15.5 Å². The number of hydrogen-bond acceptors (Lipinski definition) is 7. The van der Waals surface area contributed by atoms with Gasteiger partial charge in [0.2, 0.25) is 5.95 Å². The number of halogens is 1. The summed E-state index contributed by atoms with van der Waals surface area (Å²) in [7, 11) is 0. The van der Waals surface area contributed by atoms with Gasteiger partial charge in [0, 0.05) is 19.3 Å². The Balaban J connectivity index is 1.96. The van der Waals surface area contributed by atoms with E-state index < -0.39 is 11.9 Å². The predicted octanol–water partition coefficient (Wildman–Crippen LogP) is 1.78. The smallest absolute Gasteiger partial charge is 0.303 e. The van der Waals surface area contributed by atoms with Crippen LogP contribution in [0.15, 0.2) is 18.5 Å². The monoisotopic (exact) mass is 471 g/mol. The van der Waals surface area contributed by atoms with Crippen LogP contribution in [0.1, 0.15) is 25.8 Å². The third-order valence-electron chi connectivity index (χ3n) is 4.63. The zero-order chi connectivity index (χ0) is 19.0. The quantitative estimate of drug-likeness (QED) is 0.292. The molecule has 1 fully saturated rings. The molecule has 1 aliphatic carbocycles. The first-order chi connectivity index (χ1) is 12.3. The Bertz CT molecular complexity index is 896. The van der Waals surface area contributed by atoms with E-state index in [9.17, 15) is 14.7 Å². The van der Waals surface area contributed by atoms with Crippen molar-refractivity contribution in [2.24, 2.45) is 11.8 Å². The van der Waals surface area contributed by atoms with Gasteiger partial charge in [-0.3, -0.25) is 9.59 Å². The summed E-state index contributed by atoms with van der Waals surface area (Å²) in [5.41, 5.74) is 7.77. The van der Waals surface area contributed by atoms with E-state index in [0.717, 1.165) is 5.57 Å². The molecule has 26 heavy (non-hydrogen) atoms. The van der Waals surface area contributed by atoms with Crippen molar-refractivity contribution in [2.75, 3.05) is 12.3 Å². The summed E-state index contributed by atoms with van der Waals surface area (Å²) in [6.45, 7) is 5.59. The van der Waals surface area contributed by atoms with Gasteiger partial charge in [0.25, 0.3) is 0 Å². The van der Waals surface area contributed by atoms with E-state index in [4.69, 9.17) is 10.5 Å². The zero-order valence-corrected chi connectivity index (χ0v) is 16.2. The van der Waals surface area contributed by atoms with E-state index in [1.54, 1.807) is 6.33 Å². The van der Waals surface area contributed by atoms with Crippen molar-refractivity contribution < 1.29 is 19.4 Å². The third-order valence-corrected chi connectivity index (χ3v) is 5.39. The minimum Gasteiger partial charge on any atom is -0.481 e. The number of fused-ring (bicyclic) bond motifs is 1. The number of nitrogens with two attached hydrogens (primary N) is 1. The molecule has 0 saturated heterocycles. The van der Waals surface area contributed by atoms with Gasteiger partial charge in [-0.05, 0) is 40.5 Å². The van der Waals surface area contributed by atoms with E-state index in [2.05, 4.69) is 21.5 Å². The highest BCUT2D eigenvalue weighted by atomic mass is 127. The third kappa shape index (κ3) is 3.50. The number of aromatic nitrogens is 4. The van der Waals surface area contributed by atoms with Gasteiger partial charge < -0.3 is 20.1 Å². The molecule has 3 atom stereocenters. The molecule has 3 unspecified atom stereocenters. The number of esters is 1. The molecule has 0 radical (unpaired) electrons. The van der Waals surface area contributed by atoms with Crippen LogP contribution in [0.5, 0.6) is 0 Å². The lowest BCUT2D eigenvalue weighted by Crippen LogP contribution is -2.20. The molecule has 2 aromatic rings. The molecular formula is C16H18IN5O4. The molecule has 9 nitrogen and oxygen atoms in total. The van der Waals surface area contributed by atoms with Gasteiger partial charge in [0.15, 0.2) is 5.65 Å². The van der Waals surface area contributed by atoms with E-state index in [1.807, 2.05) is 27.2 Å². The van der Waals surface area contributed by atoms with Gasteiger partial charge in [-0.25, -0.2) is 9.97 Å². The maximum absolute atomic E-state index is 11.2. The number of nitrogens with zero attached hydrogens (tertiary/aromatic N) is 4. The van der Waals surface area contributed by atoms with Crippen LogP contribution in [0.25, 0.3) is 11.2 Å². The van der Waals surface area contributed by atoms with Gasteiger partial charge >= 0.3 is 11.9 Å². The van der Waals surface area contributed by atoms with Gasteiger partial charge in [0.05, 0.1) is 19.0 Å². The highest BCUT2D eigenvalue weighted by Crippen LogP contribution is 2.45. The van der Waals surface area contributed by atoms with E-state index in [0.29, 0.717) is 21.3 Å². The topological polar surface area (TPSA) is 133 Å². The Morgan fingerprint density at radius 1 is 1.50 bits per heavy atom. The fourth-order valence-corrected chi connectivity index (χ4v) is 4.10. The van der Waals surface area contributed by atoms with Crippen LogP contribution >= 0.6 is 22.6 Å². The number of carbonyl (C=O) groups is 2. The van der Waals surface area contributed by atoms with Gasteiger partial charge in [-0.15, -0.1) is 0 Å². The molecule has 0 bridgehead atoms. The van der Waals surface area contributed by atoms with Crippen LogP contribution < -0.4 is 5.73 Å². The maximum Gasteiger partial charge on any atom is 0.303 e. The number of aliphatic carboxylic acids is 1. The van der Waals surface area contributed by atoms with Crippen LogP contribution in [-0.4, -0.2) is 43.2 Å². The van der Waals surface area contributed by atoms with Crippen molar-refractivity contribution in [3.63, 3.8) is 0 Å². The number of imidazole rings is 1. The van der Waals surface area contributed by atoms with E-state index in [-0.39, 0.29) is 36.9 Å². The average molecular weight is 471 g/mol. The summed E-state index contributed by atoms with van der Waals surface area (Å²) >= 11 is 2.05. The molecule has 3 rings (SSSR count). The number of carbonyl (C=O) groups excluding carboxylic acids is 1. The lowest BCUT2D eigenvalue weighted by Gasteiger charge is -2.18. The summed E-state index contributed by atoms with van der Waals surface area (Å²) < 4.78 is 7.63. The average Bonchev–Trinajstić information content (AvgIpc) is 3.06. The Kier molecular flexibility index (Phi) is 5.12. The summed E-state index contributed by atoms with van der Waals surface area (Å²) in [5.74, 6) is -1.59. The van der Waals surface area contributed by atoms with Gasteiger partial charge in [-0.1, -0.05) is 6.58 Å². The fourth-order valence-electron chi connectivity index (χ4n) is 3.47. The standard InChI is InChI=1S/C16H18IN5O4/c1-7-10(5-26-8(2)23)9(4-12(24)25)3-11(7)22-6-19-13-14(17)20-16(18)21-15(13)22/h6,9-11H,1,3-5H2,2H3,(H,24,25)(H2,18,20,21). The van der Waals surface area contributed by atoms with E-state index in [1.165, 1.54) is 6.92 Å². The highest BCUT2D eigenvalue weighted by Gasteiger charge is 2.40. The molecule has 0 aliphatic heterocycles. The SMILES string of the molecule is C=C1C(COC(C)=O)C(CC(=O)O)CC1n1cnc2c(I)nc(N)nc21. The first-order valence-corrected chi connectivity index (χ1v) is 9.05. The Hall–Kier alpha value is -2.24. The molecule has 10 heteroatoms. The Morgan fingerprint density at radius 2 is 2.23 bits per heavy atom. The maximum atomic E-state index is 11.2. The number of nitrogen functional groups attached to an aromatic ring is 1. The summed E-state index contributed by atoms with van der Waals surface area (Å²) in [5, 5.41) is 9.22. The predicted molar refractivity (Wildman–Crippen MR) is 101 cm³/mol. The second kappa shape index (κ2) is 7.17. The van der Waals surface area contributed by atoms with Gasteiger partial charge in [0.1, 0.15) is 9.22 Å². The van der Waals surface area contributed by atoms with Crippen LogP contribution in [0.4, 0.5) is 5.95 Å². The molecule has 1 saturated carbocycles.